The Morgan fingerprint density at radius 1 is 0.397 bits per heavy atom. The molecule has 0 unspecified atom stereocenters. The van der Waals surface area contributed by atoms with Gasteiger partial charge in [-0.15, -0.1) is 11.3 Å². The number of fused-ring (bicyclic) bond motifs is 9. The van der Waals surface area contributed by atoms with Crippen LogP contribution in [0.3, 0.4) is 0 Å². The summed E-state index contributed by atoms with van der Waals surface area (Å²) < 4.78 is 47.5. The molecule has 0 saturated carbocycles. The van der Waals surface area contributed by atoms with Crippen molar-refractivity contribution in [2.45, 2.75) is 0 Å². The molecule has 0 radical (unpaired) electrons. The summed E-state index contributed by atoms with van der Waals surface area (Å²) in [5.41, 5.74) is 6.56. The Morgan fingerprint density at radius 2 is 1.02 bits per heavy atom. The Morgan fingerprint density at radius 3 is 1.81 bits per heavy atom. The molecule has 0 fully saturated rings. The van der Waals surface area contributed by atoms with Crippen LogP contribution in [0.1, 0.15) is 6.85 Å². The van der Waals surface area contributed by atoms with Crippen LogP contribution < -0.4 is 0 Å². The van der Waals surface area contributed by atoms with Gasteiger partial charge in [0.1, 0.15) is 0 Å². The van der Waals surface area contributed by atoms with Crippen molar-refractivity contribution >= 4 is 74.9 Å². The summed E-state index contributed by atoms with van der Waals surface area (Å²) in [5, 5.41) is 9.16. The lowest BCUT2D eigenvalue weighted by molar-refractivity contribution is 1.07. The lowest BCUT2D eigenvalue weighted by Gasteiger charge is -2.13. The van der Waals surface area contributed by atoms with Crippen molar-refractivity contribution in [3.8, 4) is 51.0 Å². The molecule has 0 atom stereocenters. The van der Waals surface area contributed by atoms with Crippen LogP contribution in [0.25, 0.3) is 115 Å². The quantitative estimate of drug-likeness (QED) is 0.164. The molecule has 0 N–H and O–H groups in total. The predicted octanol–water partition coefficient (Wildman–Crippen LogP) is 14.3. The standard InChI is InChI=1S/C53H32N4S/c1-3-15-34(16-4-1)51-54-52(35-17-5-2-6-18-35)56-53(55-51)46-32-38(57-47-24-11-9-20-42(47)43-21-10-12-25-48(43)57)31-45-44-23-13-22-41(49(44)58-50(45)46)37-28-29-40-36(30-37)27-26-33-14-7-8-19-39(33)40/h1-32H/i1D,3D,4D,15D,16D. The third-order valence-electron chi connectivity index (χ3n) is 11.1. The van der Waals surface area contributed by atoms with Crippen molar-refractivity contribution in [2.75, 3.05) is 0 Å². The van der Waals surface area contributed by atoms with Crippen LogP contribution in [-0.2, 0) is 0 Å². The predicted molar refractivity (Wildman–Crippen MR) is 244 cm³/mol. The van der Waals surface area contributed by atoms with E-state index < -0.39 is 18.1 Å². The van der Waals surface area contributed by atoms with Gasteiger partial charge < -0.3 is 4.57 Å². The summed E-state index contributed by atoms with van der Waals surface area (Å²) in [5.74, 6) is 0.643. The van der Waals surface area contributed by atoms with Crippen molar-refractivity contribution in [1.29, 1.82) is 0 Å². The summed E-state index contributed by atoms with van der Waals surface area (Å²) in [6.45, 7) is 0. The number of thiophene rings is 1. The second-order valence-corrected chi connectivity index (χ2v) is 15.4. The van der Waals surface area contributed by atoms with E-state index >= 15 is 0 Å². The molecule has 0 saturated heterocycles. The van der Waals surface area contributed by atoms with Gasteiger partial charge in [0.15, 0.2) is 17.5 Å². The maximum atomic E-state index is 8.93. The molecule has 0 aliphatic heterocycles. The Balaban J connectivity index is 1.18. The molecular weight excluding hydrogens is 725 g/mol. The van der Waals surface area contributed by atoms with Crippen LogP contribution in [0.2, 0.25) is 0 Å². The molecular formula is C53H32N4S. The average molecular weight is 762 g/mol. The highest BCUT2D eigenvalue weighted by Crippen LogP contribution is 2.46. The normalized spacial score (nSPS) is 13.0. The third kappa shape index (κ3) is 5.18. The highest BCUT2D eigenvalue weighted by molar-refractivity contribution is 7.26. The molecule has 9 aromatic carbocycles. The highest BCUT2D eigenvalue weighted by Gasteiger charge is 2.22. The second kappa shape index (κ2) is 13.1. The zero-order valence-corrected chi connectivity index (χ0v) is 31.6. The first-order chi connectivity index (χ1) is 30.8. The largest absolute Gasteiger partial charge is 0.309 e. The minimum absolute atomic E-state index is 0.00300. The van der Waals surface area contributed by atoms with Crippen LogP contribution in [0.5, 0.6) is 0 Å². The van der Waals surface area contributed by atoms with E-state index in [0.29, 0.717) is 17.2 Å². The molecule has 0 amide bonds. The topological polar surface area (TPSA) is 43.6 Å². The molecule has 12 rings (SSSR count). The van der Waals surface area contributed by atoms with Crippen LogP contribution >= 0.6 is 11.3 Å². The van der Waals surface area contributed by atoms with Crippen molar-refractivity contribution in [3.05, 3.63) is 194 Å². The number of hydrogen-bond acceptors (Lipinski definition) is 4. The fourth-order valence-corrected chi connectivity index (χ4v) is 9.80. The zero-order chi connectivity index (χ0) is 42.5. The van der Waals surface area contributed by atoms with Crippen LogP contribution in [-0.4, -0.2) is 19.5 Å². The van der Waals surface area contributed by atoms with Crippen LogP contribution in [0.4, 0.5) is 0 Å². The highest BCUT2D eigenvalue weighted by atomic mass is 32.1. The van der Waals surface area contributed by atoms with Gasteiger partial charge in [-0.3, -0.25) is 0 Å². The van der Waals surface area contributed by atoms with E-state index in [2.05, 4.69) is 138 Å². The number of hydrogen-bond donors (Lipinski definition) is 0. The first kappa shape index (κ1) is 28.0. The summed E-state index contributed by atoms with van der Waals surface area (Å²) in [4.78, 5) is 15.0. The summed E-state index contributed by atoms with van der Waals surface area (Å²) in [6, 6.07) is 54.6. The minimum atomic E-state index is -0.479. The van der Waals surface area contributed by atoms with Gasteiger partial charge in [0.2, 0.25) is 0 Å². The number of rotatable bonds is 5. The van der Waals surface area contributed by atoms with Crippen molar-refractivity contribution in [2.24, 2.45) is 0 Å². The molecule has 0 bridgehead atoms. The molecule has 12 aromatic rings. The molecule has 0 aliphatic rings. The summed E-state index contributed by atoms with van der Waals surface area (Å²) in [7, 11) is 0. The maximum Gasteiger partial charge on any atom is 0.165 e. The van der Waals surface area contributed by atoms with Gasteiger partial charge in [0.25, 0.3) is 0 Å². The number of para-hydroxylation sites is 2. The van der Waals surface area contributed by atoms with E-state index in [0.717, 1.165) is 69.7 Å². The molecule has 3 aromatic heterocycles. The van der Waals surface area contributed by atoms with Gasteiger partial charge in [0.05, 0.1) is 17.9 Å². The molecule has 58 heavy (non-hydrogen) atoms. The lowest BCUT2D eigenvalue weighted by atomic mass is 9.96. The maximum absolute atomic E-state index is 8.93. The minimum Gasteiger partial charge on any atom is -0.309 e. The Kier molecular flexibility index (Phi) is 6.30. The first-order valence-electron chi connectivity index (χ1n) is 21.6. The zero-order valence-electron chi connectivity index (χ0n) is 35.8. The van der Waals surface area contributed by atoms with Crippen molar-refractivity contribution in [1.82, 2.24) is 19.5 Å². The smallest absolute Gasteiger partial charge is 0.165 e. The van der Waals surface area contributed by atoms with Gasteiger partial charge in [-0.1, -0.05) is 164 Å². The Hall–Kier alpha value is -7.47. The molecule has 0 spiro atoms. The average Bonchev–Trinajstić information content (AvgIpc) is 3.88. The Labute approximate surface area is 345 Å². The van der Waals surface area contributed by atoms with Gasteiger partial charge in [0, 0.05) is 53.3 Å². The van der Waals surface area contributed by atoms with E-state index in [1.54, 1.807) is 11.3 Å². The van der Waals surface area contributed by atoms with Gasteiger partial charge in [-0.05, 0) is 63.0 Å². The van der Waals surface area contributed by atoms with Crippen LogP contribution in [0, 0.1) is 0 Å². The Bertz CT molecular complexity index is 3800. The number of aromatic nitrogens is 4. The molecule has 5 heteroatoms. The SMILES string of the molecule is [2H]c1c([2H])c([2H])c(-c2nc(-c3ccccc3)nc(-c3cc(-n4c5ccccc5c5ccccc54)cc4c3sc3c(-c5ccc6c(ccc7ccccc76)c5)cccc34)n2)c([2H])c1[2H]. The fourth-order valence-electron chi connectivity index (χ4n) is 8.47. The summed E-state index contributed by atoms with van der Waals surface area (Å²) in [6.07, 6.45) is 0. The molecule has 4 nitrogen and oxygen atoms in total. The van der Waals surface area contributed by atoms with Crippen molar-refractivity contribution < 1.29 is 6.85 Å². The van der Waals surface area contributed by atoms with Crippen LogP contribution in [0.15, 0.2) is 194 Å². The number of nitrogens with zero attached hydrogens (tertiary/aromatic N) is 4. The van der Waals surface area contributed by atoms with Crippen molar-refractivity contribution in [3.63, 3.8) is 0 Å². The van der Waals surface area contributed by atoms with Gasteiger partial charge in [-0.25, -0.2) is 15.0 Å². The van der Waals surface area contributed by atoms with E-state index in [4.69, 9.17) is 21.8 Å². The van der Waals surface area contributed by atoms with E-state index in [-0.39, 0.29) is 23.5 Å². The van der Waals surface area contributed by atoms with Gasteiger partial charge in [-0.2, -0.15) is 0 Å². The molecule has 0 aliphatic carbocycles. The molecule has 3 heterocycles. The van der Waals surface area contributed by atoms with E-state index in [1.165, 1.54) is 16.2 Å². The van der Waals surface area contributed by atoms with Gasteiger partial charge >= 0.3 is 0 Å². The fraction of sp³-hybridized carbons (Fsp3) is 0. The first-order valence-corrected chi connectivity index (χ1v) is 19.9. The lowest BCUT2D eigenvalue weighted by Crippen LogP contribution is -2.01. The van der Waals surface area contributed by atoms with E-state index in [1.807, 2.05) is 30.3 Å². The second-order valence-electron chi connectivity index (χ2n) is 14.4. The summed E-state index contributed by atoms with van der Waals surface area (Å²) >= 11 is 1.67. The monoisotopic (exact) mass is 761 g/mol. The van der Waals surface area contributed by atoms with E-state index in [9.17, 15) is 0 Å². The number of benzene rings is 9. The molecule has 270 valence electrons. The third-order valence-corrected chi connectivity index (χ3v) is 12.4.